The molecule has 0 aliphatic carbocycles. The number of carbonyl (C=O) groups excluding carboxylic acids is 1. The number of nitrogens with zero attached hydrogens (tertiary/aromatic N) is 2. The van der Waals surface area contributed by atoms with Gasteiger partial charge in [-0.1, -0.05) is 42.5 Å². The maximum Gasteiger partial charge on any atom is 0.185 e. The largest absolute Gasteiger partial charge is 0.497 e. The Morgan fingerprint density at radius 1 is 0.857 bits per heavy atom. The molecule has 4 nitrogen and oxygen atoms in total. The Kier molecular flexibility index (Phi) is 4.93. The minimum atomic E-state index is -0.0467. The number of methoxy groups -OCH3 is 1. The number of allylic oxidation sites excluding steroid dienone is 1. The van der Waals surface area contributed by atoms with Crippen LogP contribution in [-0.4, -0.2) is 22.9 Å². The van der Waals surface area contributed by atoms with Gasteiger partial charge in [0.2, 0.25) is 0 Å². The Hall–Kier alpha value is -3.79. The first-order chi connectivity index (χ1) is 13.7. The van der Waals surface area contributed by atoms with Crippen molar-refractivity contribution in [3.8, 4) is 16.9 Å². The maximum absolute atomic E-state index is 12.6. The summed E-state index contributed by atoms with van der Waals surface area (Å²) in [6.07, 6.45) is 6.71. The highest BCUT2D eigenvalue weighted by Gasteiger charge is 2.05. The molecule has 4 heteroatoms. The number of fused-ring (bicyclic) bond motifs is 1. The molecular weight excluding hydrogens is 348 g/mol. The van der Waals surface area contributed by atoms with E-state index in [1.807, 2.05) is 66.7 Å². The van der Waals surface area contributed by atoms with Gasteiger partial charge in [-0.3, -0.25) is 14.8 Å². The Morgan fingerprint density at radius 3 is 2.43 bits per heavy atom. The van der Waals surface area contributed by atoms with E-state index in [-0.39, 0.29) is 5.78 Å². The molecule has 0 aliphatic heterocycles. The maximum atomic E-state index is 12.6. The van der Waals surface area contributed by atoms with Crippen molar-refractivity contribution in [2.75, 3.05) is 7.11 Å². The Labute approximate surface area is 163 Å². The third kappa shape index (κ3) is 3.81. The molecule has 136 valence electrons. The second kappa shape index (κ2) is 7.84. The summed E-state index contributed by atoms with van der Waals surface area (Å²) in [7, 11) is 1.64. The van der Waals surface area contributed by atoms with Gasteiger partial charge in [-0.25, -0.2) is 0 Å². The van der Waals surface area contributed by atoms with Crippen LogP contribution in [0.4, 0.5) is 0 Å². The van der Waals surface area contributed by atoms with Crippen LogP contribution in [-0.2, 0) is 0 Å². The summed E-state index contributed by atoms with van der Waals surface area (Å²) >= 11 is 0. The van der Waals surface area contributed by atoms with E-state index in [9.17, 15) is 4.79 Å². The van der Waals surface area contributed by atoms with Crippen molar-refractivity contribution in [2.24, 2.45) is 0 Å². The fourth-order valence-electron chi connectivity index (χ4n) is 2.99. The molecule has 0 spiro atoms. The lowest BCUT2D eigenvalue weighted by Crippen LogP contribution is -1.94. The molecule has 4 rings (SSSR count). The zero-order valence-corrected chi connectivity index (χ0v) is 15.4. The second-order valence-electron chi connectivity index (χ2n) is 6.31. The van der Waals surface area contributed by atoms with E-state index in [4.69, 9.17) is 4.74 Å². The molecule has 0 saturated heterocycles. The monoisotopic (exact) mass is 366 g/mol. The average molecular weight is 366 g/mol. The summed E-state index contributed by atoms with van der Waals surface area (Å²) in [4.78, 5) is 21.2. The smallest absolute Gasteiger partial charge is 0.185 e. The SMILES string of the molecule is COc1ccc(-c2cccc(C(=O)/C=C/c3ccc4nccnc4c3)c2)cc1. The highest BCUT2D eigenvalue weighted by molar-refractivity contribution is 6.07. The van der Waals surface area contributed by atoms with Crippen LogP contribution >= 0.6 is 0 Å². The van der Waals surface area contributed by atoms with Gasteiger partial charge in [0, 0.05) is 18.0 Å². The second-order valence-corrected chi connectivity index (χ2v) is 6.31. The quantitative estimate of drug-likeness (QED) is 0.360. The summed E-state index contributed by atoms with van der Waals surface area (Å²) < 4.78 is 5.20. The standard InChI is InChI=1S/C24H18N2O2/c1-28-21-9-7-18(8-10-21)19-3-2-4-20(16-19)24(27)12-6-17-5-11-22-23(15-17)26-14-13-25-22/h2-16H,1H3/b12-6+. The van der Waals surface area contributed by atoms with E-state index < -0.39 is 0 Å². The number of ether oxygens (including phenoxy) is 1. The molecule has 0 unspecified atom stereocenters. The van der Waals surface area contributed by atoms with Crippen molar-refractivity contribution < 1.29 is 9.53 Å². The van der Waals surface area contributed by atoms with Crippen LogP contribution in [0.15, 0.2) is 85.2 Å². The molecule has 28 heavy (non-hydrogen) atoms. The zero-order valence-electron chi connectivity index (χ0n) is 15.4. The molecule has 1 heterocycles. The van der Waals surface area contributed by atoms with Gasteiger partial charge in [-0.15, -0.1) is 0 Å². The van der Waals surface area contributed by atoms with Gasteiger partial charge in [0.05, 0.1) is 18.1 Å². The molecule has 0 aliphatic rings. The summed E-state index contributed by atoms with van der Waals surface area (Å²) in [5.74, 6) is 0.758. The van der Waals surface area contributed by atoms with E-state index in [1.165, 1.54) is 0 Å². The van der Waals surface area contributed by atoms with Crippen molar-refractivity contribution in [2.45, 2.75) is 0 Å². The van der Waals surface area contributed by atoms with Crippen LogP contribution in [0.3, 0.4) is 0 Å². The van der Waals surface area contributed by atoms with E-state index in [0.717, 1.165) is 33.5 Å². The van der Waals surface area contributed by atoms with Crippen molar-refractivity contribution in [3.05, 3.63) is 96.3 Å². The highest BCUT2D eigenvalue weighted by Crippen LogP contribution is 2.23. The third-order valence-corrected chi connectivity index (χ3v) is 4.49. The van der Waals surface area contributed by atoms with Crippen LogP contribution in [0.1, 0.15) is 15.9 Å². The lowest BCUT2D eigenvalue weighted by molar-refractivity contribution is 0.104. The fourth-order valence-corrected chi connectivity index (χ4v) is 2.99. The molecule has 0 fully saturated rings. The minimum absolute atomic E-state index is 0.0467. The molecule has 0 radical (unpaired) electrons. The van der Waals surface area contributed by atoms with E-state index in [0.29, 0.717) is 5.56 Å². The highest BCUT2D eigenvalue weighted by atomic mass is 16.5. The first-order valence-electron chi connectivity index (χ1n) is 8.90. The number of benzene rings is 3. The molecule has 0 amide bonds. The van der Waals surface area contributed by atoms with E-state index >= 15 is 0 Å². The number of aromatic nitrogens is 2. The van der Waals surface area contributed by atoms with Crippen LogP contribution in [0, 0.1) is 0 Å². The van der Waals surface area contributed by atoms with Crippen molar-refractivity contribution >= 4 is 22.9 Å². The topological polar surface area (TPSA) is 52.1 Å². The van der Waals surface area contributed by atoms with Gasteiger partial charge in [0.1, 0.15) is 5.75 Å². The van der Waals surface area contributed by atoms with Gasteiger partial charge in [0.25, 0.3) is 0 Å². The molecule has 0 bridgehead atoms. The number of rotatable bonds is 5. The van der Waals surface area contributed by atoms with Crippen LogP contribution in [0.25, 0.3) is 28.2 Å². The normalized spacial score (nSPS) is 11.0. The summed E-state index contributed by atoms with van der Waals surface area (Å²) in [6, 6.07) is 21.1. The van der Waals surface area contributed by atoms with E-state index in [2.05, 4.69) is 9.97 Å². The van der Waals surface area contributed by atoms with Crippen molar-refractivity contribution in [1.82, 2.24) is 9.97 Å². The summed E-state index contributed by atoms with van der Waals surface area (Å²) in [5, 5.41) is 0. The van der Waals surface area contributed by atoms with E-state index in [1.54, 1.807) is 31.7 Å². The summed E-state index contributed by atoms with van der Waals surface area (Å²) in [5.41, 5.74) is 5.21. The van der Waals surface area contributed by atoms with Crippen molar-refractivity contribution in [3.63, 3.8) is 0 Å². The van der Waals surface area contributed by atoms with Gasteiger partial charge in [-0.05, 0) is 53.1 Å². The molecular formula is C24H18N2O2. The molecule has 0 saturated carbocycles. The summed E-state index contributed by atoms with van der Waals surface area (Å²) in [6.45, 7) is 0. The lowest BCUT2D eigenvalue weighted by atomic mass is 10.0. The number of ketones is 1. The molecule has 1 aromatic heterocycles. The van der Waals surface area contributed by atoms with Crippen LogP contribution in [0.5, 0.6) is 5.75 Å². The predicted octanol–water partition coefficient (Wildman–Crippen LogP) is 5.20. The lowest BCUT2D eigenvalue weighted by Gasteiger charge is -2.05. The first kappa shape index (κ1) is 17.6. The van der Waals surface area contributed by atoms with Crippen molar-refractivity contribution in [1.29, 1.82) is 0 Å². The molecule has 0 N–H and O–H groups in total. The fraction of sp³-hybridized carbons (Fsp3) is 0.0417. The average Bonchev–Trinajstić information content (AvgIpc) is 2.77. The molecule has 4 aromatic rings. The van der Waals surface area contributed by atoms with Gasteiger partial charge < -0.3 is 4.74 Å². The third-order valence-electron chi connectivity index (χ3n) is 4.49. The zero-order chi connectivity index (χ0) is 19.3. The number of carbonyl (C=O) groups is 1. The number of hydrogen-bond donors (Lipinski definition) is 0. The van der Waals surface area contributed by atoms with Gasteiger partial charge in [-0.2, -0.15) is 0 Å². The Balaban J connectivity index is 1.56. The van der Waals surface area contributed by atoms with Crippen LogP contribution < -0.4 is 4.74 Å². The van der Waals surface area contributed by atoms with Gasteiger partial charge in [0.15, 0.2) is 5.78 Å². The number of hydrogen-bond acceptors (Lipinski definition) is 4. The Bertz CT molecular complexity index is 1160. The molecule has 0 atom stereocenters. The minimum Gasteiger partial charge on any atom is -0.497 e. The first-order valence-corrected chi connectivity index (χ1v) is 8.90. The Morgan fingerprint density at radius 2 is 1.64 bits per heavy atom. The molecule has 3 aromatic carbocycles. The van der Waals surface area contributed by atoms with Gasteiger partial charge >= 0.3 is 0 Å². The predicted molar refractivity (Wildman–Crippen MR) is 111 cm³/mol. The van der Waals surface area contributed by atoms with Crippen LogP contribution in [0.2, 0.25) is 0 Å².